The van der Waals surface area contributed by atoms with E-state index in [0.717, 1.165) is 29.5 Å². The van der Waals surface area contributed by atoms with Gasteiger partial charge in [0, 0.05) is 25.4 Å². The number of piperidine rings is 1. The number of likely N-dealkylation sites (tertiary alicyclic amines) is 1. The molecule has 0 aliphatic carbocycles. The maximum atomic E-state index is 14.1. The monoisotopic (exact) mass is 471 g/mol. The van der Waals surface area contributed by atoms with E-state index in [-0.39, 0.29) is 36.1 Å². The van der Waals surface area contributed by atoms with Crippen LogP contribution < -0.4 is 10.6 Å². The van der Waals surface area contributed by atoms with Crippen LogP contribution in [-0.4, -0.2) is 41.9 Å². The van der Waals surface area contributed by atoms with Crippen LogP contribution in [0.25, 0.3) is 0 Å². The molecule has 3 aromatic carbocycles. The largest absolute Gasteiger partial charge is 0.349 e. The number of amides is 2. The van der Waals surface area contributed by atoms with Crippen molar-refractivity contribution in [2.75, 3.05) is 19.6 Å². The Morgan fingerprint density at radius 3 is 2.34 bits per heavy atom. The van der Waals surface area contributed by atoms with Gasteiger partial charge < -0.3 is 10.6 Å². The van der Waals surface area contributed by atoms with E-state index in [1.807, 2.05) is 66.7 Å². The average Bonchev–Trinajstić information content (AvgIpc) is 3.19. The molecule has 0 unspecified atom stereocenters. The van der Waals surface area contributed by atoms with Gasteiger partial charge in [-0.05, 0) is 41.7 Å². The molecule has 2 saturated heterocycles. The first kappa shape index (κ1) is 23.2. The summed E-state index contributed by atoms with van der Waals surface area (Å²) in [4.78, 5) is 27.7. The quantitative estimate of drug-likeness (QED) is 0.567. The molecule has 2 aliphatic rings. The Morgan fingerprint density at radius 2 is 1.71 bits per heavy atom. The van der Waals surface area contributed by atoms with Gasteiger partial charge in [-0.3, -0.25) is 14.5 Å². The number of hydrogen-bond acceptors (Lipinski definition) is 3. The number of benzene rings is 3. The van der Waals surface area contributed by atoms with Crippen molar-refractivity contribution < 1.29 is 14.0 Å². The van der Waals surface area contributed by atoms with Gasteiger partial charge in [0.25, 0.3) is 0 Å². The van der Waals surface area contributed by atoms with E-state index in [1.54, 1.807) is 12.1 Å². The minimum atomic E-state index is -0.484. The van der Waals surface area contributed by atoms with Crippen LogP contribution in [0.15, 0.2) is 84.9 Å². The molecule has 2 atom stereocenters. The van der Waals surface area contributed by atoms with Crippen LogP contribution in [-0.2, 0) is 9.59 Å². The van der Waals surface area contributed by atoms with Gasteiger partial charge in [-0.1, -0.05) is 72.8 Å². The van der Waals surface area contributed by atoms with Crippen LogP contribution in [0.5, 0.6) is 0 Å². The third-order valence-electron chi connectivity index (χ3n) is 7.22. The van der Waals surface area contributed by atoms with E-state index in [9.17, 15) is 14.0 Å². The lowest BCUT2D eigenvalue weighted by molar-refractivity contribution is -0.125. The summed E-state index contributed by atoms with van der Waals surface area (Å²) in [6.45, 7) is 1.35. The topological polar surface area (TPSA) is 61.4 Å². The molecule has 180 valence electrons. The summed E-state index contributed by atoms with van der Waals surface area (Å²) in [5.74, 6) is -0.420. The Balaban J connectivity index is 1.35. The van der Waals surface area contributed by atoms with Gasteiger partial charge in [0.1, 0.15) is 5.82 Å². The summed E-state index contributed by atoms with van der Waals surface area (Å²) in [6.07, 6.45) is 2.12. The van der Waals surface area contributed by atoms with Crippen molar-refractivity contribution in [3.63, 3.8) is 0 Å². The summed E-state index contributed by atoms with van der Waals surface area (Å²) >= 11 is 0. The number of nitrogens with zero attached hydrogens (tertiary/aromatic N) is 1. The van der Waals surface area contributed by atoms with Crippen molar-refractivity contribution in [2.24, 2.45) is 0 Å². The highest BCUT2D eigenvalue weighted by atomic mass is 19.1. The maximum Gasteiger partial charge on any atom is 0.234 e. The van der Waals surface area contributed by atoms with Gasteiger partial charge >= 0.3 is 0 Å². The number of rotatable bonds is 6. The first-order valence-electron chi connectivity index (χ1n) is 12.2. The summed E-state index contributed by atoms with van der Waals surface area (Å²) in [5, 5.41) is 6.43. The Hall–Kier alpha value is -3.51. The first-order chi connectivity index (χ1) is 17.0. The Bertz CT molecular complexity index is 1150. The van der Waals surface area contributed by atoms with E-state index in [4.69, 9.17) is 0 Å². The zero-order valence-corrected chi connectivity index (χ0v) is 19.6. The lowest BCUT2D eigenvalue weighted by Crippen LogP contribution is -2.56. The molecule has 0 bridgehead atoms. The molecular formula is C29H30FN3O2. The summed E-state index contributed by atoms with van der Waals surface area (Å²) < 4.78 is 14.1. The first-order valence-corrected chi connectivity index (χ1v) is 12.2. The van der Waals surface area contributed by atoms with Crippen molar-refractivity contribution in [3.05, 3.63) is 107 Å². The van der Waals surface area contributed by atoms with Crippen LogP contribution >= 0.6 is 0 Å². The third-order valence-corrected chi connectivity index (χ3v) is 7.22. The average molecular weight is 472 g/mol. The molecule has 0 aromatic heterocycles. The zero-order valence-electron chi connectivity index (χ0n) is 19.6. The molecular weight excluding hydrogens is 441 g/mol. The summed E-state index contributed by atoms with van der Waals surface area (Å²) in [5.41, 5.74) is 2.41. The molecule has 2 amide bonds. The molecule has 2 N–H and O–H groups in total. The predicted molar refractivity (Wildman–Crippen MR) is 133 cm³/mol. The van der Waals surface area contributed by atoms with E-state index >= 15 is 0 Å². The molecule has 0 saturated carbocycles. The van der Waals surface area contributed by atoms with Crippen LogP contribution in [0.3, 0.4) is 0 Å². The third kappa shape index (κ3) is 5.13. The highest BCUT2D eigenvalue weighted by molar-refractivity contribution is 5.80. The molecule has 2 aliphatic heterocycles. The summed E-state index contributed by atoms with van der Waals surface area (Å²) in [7, 11) is 0. The smallest absolute Gasteiger partial charge is 0.234 e. The van der Waals surface area contributed by atoms with Gasteiger partial charge in [0.05, 0.1) is 18.1 Å². The highest BCUT2D eigenvalue weighted by Crippen LogP contribution is 2.41. The van der Waals surface area contributed by atoms with Crippen molar-refractivity contribution in [1.82, 2.24) is 15.5 Å². The number of hydrogen-bond donors (Lipinski definition) is 2. The lowest BCUT2D eigenvalue weighted by Gasteiger charge is -2.39. The molecule has 6 heteroatoms. The molecule has 2 heterocycles. The minimum Gasteiger partial charge on any atom is -0.349 e. The molecule has 5 rings (SSSR count). The van der Waals surface area contributed by atoms with Crippen LogP contribution in [0.4, 0.5) is 4.39 Å². The van der Waals surface area contributed by atoms with Crippen molar-refractivity contribution in [2.45, 2.75) is 36.8 Å². The fraction of sp³-hybridized carbons (Fsp3) is 0.310. The van der Waals surface area contributed by atoms with Crippen LogP contribution in [0, 0.1) is 5.82 Å². The minimum absolute atomic E-state index is 0.0252. The highest BCUT2D eigenvalue weighted by Gasteiger charge is 2.49. The zero-order chi connectivity index (χ0) is 24.3. The standard InChI is InChI=1S/C29H30FN3O2/c30-24-14-7-13-23(17-24)25-18-33(20-29(25)16-8-15-26(34)32-29)19-27(35)31-28(21-9-3-1-4-10-21)22-11-5-2-6-12-22/h1-7,9-14,17,25,28H,8,15-16,18-20H2,(H,31,35)(H,32,34)/t25-,29+/m0/s1. The Labute approximate surface area is 205 Å². The van der Waals surface area contributed by atoms with E-state index in [1.165, 1.54) is 6.07 Å². The number of nitrogens with one attached hydrogen (secondary N) is 2. The molecule has 3 aromatic rings. The molecule has 2 fully saturated rings. The fourth-order valence-electron chi connectivity index (χ4n) is 5.68. The van der Waals surface area contributed by atoms with Gasteiger partial charge in [-0.2, -0.15) is 0 Å². The lowest BCUT2D eigenvalue weighted by atomic mass is 9.76. The van der Waals surface area contributed by atoms with Gasteiger partial charge in [0.2, 0.25) is 11.8 Å². The number of carbonyl (C=O) groups is 2. The Kier molecular flexibility index (Phi) is 6.64. The molecule has 35 heavy (non-hydrogen) atoms. The SMILES string of the molecule is O=C(CN1C[C@@H](c2cccc(F)c2)[C@@]2(CCCC(=O)N2)C1)NC(c1ccccc1)c1ccccc1. The van der Waals surface area contributed by atoms with Crippen molar-refractivity contribution >= 4 is 11.8 Å². The summed E-state index contributed by atoms with van der Waals surface area (Å²) in [6, 6.07) is 26.2. The van der Waals surface area contributed by atoms with E-state index in [0.29, 0.717) is 19.5 Å². The molecule has 5 nitrogen and oxygen atoms in total. The van der Waals surface area contributed by atoms with Crippen LogP contribution in [0.1, 0.15) is 47.9 Å². The Morgan fingerprint density at radius 1 is 1.03 bits per heavy atom. The van der Waals surface area contributed by atoms with E-state index in [2.05, 4.69) is 15.5 Å². The fourth-order valence-corrected chi connectivity index (χ4v) is 5.68. The molecule has 0 radical (unpaired) electrons. The number of halogens is 1. The normalized spacial score (nSPS) is 22.3. The second-order valence-electron chi connectivity index (χ2n) is 9.66. The van der Waals surface area contributed by atoms with Crippen molar-refractivity contribution in [3.8, 4) is 0 Å². The van der Waals surface area contributed by atoms with Gasteiger partial charge in [-0.25, -0.2) is 4.39 Å². The second kappa shape index (κ2) is 10.0. The van der Waals surface area contributed by atoms with Crippen LogP contribution in [0.2, 0.25) is 0 Å². The van der Waals surface area contributed by atoms with Gasteiger partial charge in [0.15, 0.2) is 0 Å². The second-order valence-corrected chi connectivity index (χ2v) is 9.66. The predicted octanol–water partition coefficient (Wildman–Crippen LogP) is 4.17. The van der Waals surface area contributed by atoms with Crippen molar-refractivity contribution in [1.29, 1.82) is 0 Å². The molecule has 1 spiro atoms. The van der Waals surface area contributed by atoms with Gasteiger partial charge in [-0.15, -0.1) is 0 Å². The maximum absolute atomic E-state index is 14.1. The number of carbonyl (C=O) groups excluding carboxylic acids is 2. The van der Waals surface area contributed by atoms with E-state index < -0.39 is 5.54 Å².